The molecule has 1 aliphatic rings. The lowest BCUT2D eigenvalue weighted by Gasteiger charge is -2.27. The van der Waals surface area contributed by atoms with Crippen LogP contribution in [0.25, 0.3) is 0 Å². The highest BCUT2D eigenvalue weighted by atomic mass is 19.4. The highest BCUT2D eigenvalue weighted by Crippen LogP contribution is 2.32. The number of hydrogen-bond acceptors (Lipinski definition) is 1. The quantitative estimate of drug-likeness (QED) is 0.759. The summed E-state index contributed by atoms with van der Waals surface area (Å²) in [6.07, 6.45) is -4.09. The highest BCUT2D eigenvalue weighted by molar-refractivity contribution is 5.32. The van der Waals surface area contributed by atoms with Gasteiger partial charge in [0.2, 0.25) is 0 Å². The van der Waals surface area contributed by atoms with E-state index in [1.165, 1.54) is 0 Å². The molecule has 1 nitrogen and oxygen atoms in total. The van der Waals surface area contributed by atoms with Gasteiger partial charge in [-0.15, -0.1) is 0 Å². The van der Waals surface area contributed by atoms with Crippen molar-refractivity contribution in [1.82, 2.24) is 5.32 Å². The first-order valence-electron chi connectivity index (χ1n) is 4.94. The van der Waals surface area contributed by atoms with E-state index in [0.29, 0.717) is 6.54 Å². The first-order chi connectivity index (χ1) is 7.06. The summed E-state index contributed by atoms with van der Waals surface area (Å²) in [6.45, 7) is 0.623. The predicted octanol–water partition coefficient (Wildman–Crippen LogP) is 2.83. The molecule has 1 unspecified atom stereocenters. The number of nitrogens with one attached hydrogen (secondary N) is 1. The van der Waals surface area contributed by atoms with Gasteiger partial charge in [0.1, 0.15) is 0 Å². The molecule has 1 aromatic carbocycles. The Morgan fingerprint density at radius 2 is 2.00 bits per heavy atom. The smallest absolute Gasteiger partial charge is 0.309 e. The summed E-state index contributed by atoms with van der Waals surface area (Å²) in [4.78, 5) is 0. The molecular formula is C11H12F3N. The van der Waals surface area contributed by atoms with Crippen LogP contribution in [0.4, 0.5) is 13.2 Å². The molecule has 82 valence electrons. The van der Waals surface area contributed by atoms with Gasteiger partial charge in [-0.05, 0) is 24.1 Å². The van der Waals surface area contributed by atoms with Crippen molar-refractivity contribution in [3.63, 3.8) is 0 Å². The summed E-state index contributed by atoms with van der Waals surface area (Å²) in [5.74, 6) is 0. The van der Waals surface area contributed by atoms with Gasteiger partial charge >= 0.3 is 6.18 Å². The maximum atomic E-state index is 12.3. The van der Waals surface area contributed by atoms with Gasteiger partial charge in [-0.25, -0.2) is 0 Å². The van der Waals surface area contributed by atoms with Gasteiger partial charge in [-0.2, -0.15) is 13.2 Å². The van der Waals surface area contributed by atoms with E-state index in [1.54, 1.807) is 12.1 Å². The van der Waals surface area contributed by atoms with Gasteiger partial charge in [0.05, 0.1) is 6.42 Å². The Balaban J connectivity index is 2.22. The number of fused-ring (bicyclic) bond motifs is 1. The molecule has 0 bridgehead atoms. The van der Waals surface area contributed by atoms with Crippen LogP contribution in [-0.2, 0) is 6.42 Å². The second kappa shape index (κ2) is 3.85. The minimum Gasteiger partial charge on any atom is -0.309 e. The summed E-state index contributed by atoms with van der Waals surface area (Å²) >= 11 is 0. The van der Waals surface area contributed by atoms with Gasteiger partial charge in [-0.3, -0.25) is 0 Å². The lowest BCUT2D eigenvalue weighted by Crippen LogP contribution is -2.33. The maximum absolute atomic E-state index is 12.3. The number of alkyl halides is 3. The zero-order valence-electron chi connectivity index (χ0n) is 8.14. The van der Waals surface area contributed by atoms with E-state index in [2.05, 4.69) is 5.32 Å². The van der Waals surface area contributed by atoms with Gasteiger partial charge in [0, 0.05) is 6.04 Å². The molecule has 1 aliphatic heterocycles. The summed E-state index contributed by atoms with van der Waals surface area (Å²) in [5.41, 5.74) is 1.83. The van der Waals surface area contributed by atoms with E-state index in [-0.39, 0.29) is 0 Å². The summed E-state index contributed by atoms with van der Waals surface area (Å²) in [6, 6.07) is 6.76. The van der Waals surface area contributed by atoms with Gasteiger partial charge in [0.15, 0.2) is 0 Å². The SMILES string of the molecule is FC(F)(F)CC1NCCc2ccccc21. The zero-order valence-corrected chi connectivity index (χ0v) is 8.14. The molecule has 15 heavy (non-hydrogen) atoms. The third kappa shape index (κ3) is 2.50. The third-order valence-corrected chi connectivity index (χ3v) is 2.65. The molecule has 1 N–H and O–H groups in total. The van der Waals surface area contributed by atoms with Crippen molar-refractivity contribution in [2.24, 2.45) is 0 Å². The summed E-state index contributed by atoms with van der Waals surface area (Å²) < 4.78 is 36.9. The molecule has 0 radical (unpaired) electrons. The molecule has 0 saturated carbocycles. The Morgan fingerprint density at radius 1 is 1.27 bits per heavy atom. The van der Waals surface area contributed by atoms with E-state index in [4.69, 9.17) is 0 Å². The predicted molar refractivity (Wildman–Crippen MR) is 51.6 cm³/mol. The molecule has 0 amide bonds. The Labute approximate surface area is 86.3 Å². The number of rotatable bonds is 1. The lowest BCUT2D eigenvalue weighted by atomic mass is 9.92. The maximum Gasteiger partial charge on any atom is 0.390 e. The fourth-order valence-electron chi connectivity index (χ4n) is 2.01. The van der Waals surface area contributed by atoms with Gasteiger partial charge in [-0.1, -0.05) is 24.3 Å². The fourth-order valence-corrected chi connectivity index (χ4v) is 2.01. The van der Waals surface area contributed by atoms with Crippen molar-refractivity contribution in [2.45, 2.75) is 25.1 Å². The minimum absolute atomic E-state index is 0.574. The first-order valence-corrected chi connectivity index (χ1v) is 4.94. The molecule has 0 fully saturated rings. The van der Waals surface area contributed by atoms with Gasteiger partial charge in [0.25, 0.3) is 0 Å². The molecule has 0 spiro atoms. The largest absolute Gasteiger partial charge is 0.390 e. The van der Waals surface area contributed by atoms with Crippen molar-refractivity contribution in [2.75, 3.05) is 6.54 Å². The molecule has 4 heteroatoms. The van der Waals surface area contributed by atoms with Crippen LogP contribution in [0.15, 0.2) is 24.3 Å². The van der Waals surface area contributed by atoms with E-state index >= 15 is 0 Å². The molecule has 0 aromatic heterocycles. The fraction of sp³-hybridized carbons (Fsp3) is 0.455. The van der Waals surface area contributed by atoms with Crippen LogP contribution >= 0.6 is 0 Å². The van der Waals surface area contributed by atoms with Crippen molar-refractivity contribution >= 4 is 0 Å². The summed E-state index contributed by atoms with van der Waals surface area (Å²) in [5, 5.41) is 2.91. The van der Waals surface area contributed by atoms with Crippen LogP contribution in [0.1, 0.15) is 23.6 Å². The normalized spacial score (nSPS) is 21.1. The van der Waals surface area contributed by atoms with Crippen molar-refractivity contribution < 1.29 is 13.2 Å². The average molecular weight is 215 g/mol. The molecular weight excluding hydrogens is 203 g/mol. The van der Waals surface area contributed by atoms with E-state index < -0.39 is 18.6 Å². The highest BCUT2D eigenvalue weighted by Gasteiger charge is 2.34. The Hall–Kier alpha value is -1.03. The van der Waals surface area contributed by atoms with E-state index in [1.807, 2.05) is 12.1 Å². The zero-order chi connectivity index (χ0) is 10.9. The van der Waals surface area contributed by atoms with Crippen molar-refractivity contribution in [3.8, 4) is 0 Å². The van der Waals surface area contributed by atoms with Crippen molar-refractivity contribution in [1.29, 1.82) is 0 Å². The van der Waals surface area contributed by atoms with Crippen LogP contribution in [0.5, 0.6) is 0 Å². The molecule has 2 rings (SSSR count). The second-order valence-corrected chi connectivity index (χ2v) is 3.77. The average Bonchev–Trinajstić information content (AvgIpc) is 2.16. The van der Waals surface area contributed by atoms with Crippen LogP contribution in [0, 0.1) is 0 Å². The Bertz CT molecular complexity index is 346. The van der Waals surface area contributed by atoms with Crippen molar-refractivity contribution in [3.05, 3.63) is 35.4 Å². The van der Waals surface area contributed by atoms with Crippen LogP contribution < -0.4 is 5.32 Å². The molecule has 0 aliphatic carbocycles. The minimum atomic E-state index is -4.11. The Morgan fingerprint density at radius 3 is 2.73 bits per heavy atom. The Kier molecular flexibility index (Phi) is 2.69. The van der Waals surface area contributed by atoms with Crippen LogP contribution in [0.3, 0.4) is 0 Å². The third-order valence-electron chi connectivity index (χ3n) is 2.65. The molecule has 1 heterocycles. The molecule has 0 saturated heterocycles. The van der Waals surface area contributed by atoms with Gasteiger partial charge < -0.3 is 5.32 Å². The number of benzene rings is 1. The van der Waals surface area contributed by atoms with E-state index in [9.17, 15) is 13.2 Å². The number of halogens is 3. The van der Waals surface area contributed by atoms with Crippen LogP contribution in [0.2, 0.25) is 0 Å². The molecule has 1 atom stereocenters. The second-order valence-electron chi connectivity index (χ2n) is 3.77. The molecule has 1 aromatic rings. The monoisotopic (exact) mass is 215 g/mol. The topological polar surface area (TPSA) is 12.0 Å². The first kappa shape index (κ1) is 10.5. The number of hydrogen-bond donors (Lipinski definition) is 1. The lowest BCUT2D eigenvalue weighted by molar-refractivity contribution is -0.140. The van der Waals surface area contributed by atoms with E-state index in [0.717, 1.165) is 17.5 Å². The standard InChI is InChI=1S/C11H12F3N/c12-11(13,14)7-10-9-4-2-1-3-8(9)5-6-15-10/h1-4,10,15H,5-7H2. The summed E-state index contributed by atoms with van der Waals surface area (Å²) in [7, 11) is 0. The van der Waals surface area contributed by atoms with Crippen LogP contribution in [-0.4, -0.2) is 12.7 Å².